The summed E-state index contributed by atoms with van der Waals surface area (Å²) in [6.45, 7) is 4.83. The molecule has 1 aromatic carbocycles. The number of rotatable bonds is 4. The Bertz CT molecular complexity index is 491. The Morgan fingerprint density at radius 3 is 2.71 bits per heavy atom. The quantitative estimate of drug-likeness (QED) is 0.890. The van der Waals surface area contributed by atoms with Crippen LogP contribution < -0.4 is 11.1 Å². The Labute approximate surface area is 138 Å². The largest absolute Gasteiger partial charge is 0.355 e. The van der Waals surface area contributed by atoms with Crippen LogP contribution in [0.15, 0.2) is 24.3 Å². The van der Waals surface area contributed by atoms with Crippen molar-refractivity contribution < 1.29 is 4.79 Å². The number of benzene rings is 1. The first-order chi connectivity index (χ1) is 9.38. The van der Waals surface area contributed by atoms with Gasteiger partial charge in [-0.05, 0) is 37.0 Å². The van der Waals surface area contributed by atoms with Gasteiger partial charge in [0.05, 0.1) is 0 Å². The number of halogens is 2. The summed E-state index contributed by atoms with van der Waals surface area (Å²) in [6.07, 6.45) is 2.67. The van der Waals surface area contributed by atoms with Crippen LogP contribution in [0.3, 0.4) is 0 Å². The Morgan fingerprint density at radius 1 is 1.43 bits per heavy atom. The van der Waals surface area contributed by atoms with Crippen molar-refractivity contribution >= 4 is 29.9 Å². The van der Waals surface area contributed by atoms with Crippen LogP contribution in [-0.2, 0) is 10.2 Å². The lowest BCUT2D eigenvalue weighted by Gasteiger charge is -2.26. The van der Waals surface area contributed by atoms with Gasteiger partial charge < -0.3 is 11.1 Å². The van der Waals surface area contributed by atoms with E-state index in [9.17, 15) is 4.79 Å². The monoisotopic (exact) mass is 330 g/mol. The second-order valence-corrected chi connectivity index (χ2v) is 6.82. The predicted molar refractivity (Wildman–Crippen MR) is 90.1 cm³/mol. The highest BCUT2D eigenvalue weighted by Gasteiger charge is 2.29. The first-order valence-corrected chi connectivity index (χ1v) is 7.55. The van der Waals surface area contributed by atoms with E-state index < -0.39 is 0 Å². The molecule has 1 fully saturated rings. The molecule has 5 heteroatoms. The predicted octanol–water partition coefficient (Wildman–Crippen LogP) is 3.28. The lowest BCUT2D eigenvalue weighted by atomic mass is 9.84. The molecule has 2 rings (SSSR count). The van der Waals surface area contributed by atoms with E-state index >= 15 is 0 Å². The Balaban J connectivity index is 0.00000220. The van der Waals surface area contributed by atoms with Gasteiger partial charge in [0.25, 0.3) is 0 Å². The van der Waals surface area contributed by atoms with Crippen molar-refractivity contribution in [3.8, 4) is 0 Å². The summed E-state index contributed by atoms with van der Waals surface area (Å²) >= 11 is 6.03. The van der Waals surface area contributed by atoms with Gasteiger partial charge in [-0.3, -0.25) is 4.79 Å². The number of carbonyl (C=O) groups excluding carboxylic acids is 1. The first-order valence-electron chi connectivity index (χ1n) is 7.18. The van der Waals surface area contributed by atoms with Gasteiger partial charge in [-0.2, -0.15) is 0 Å². The fourth-order valence-corrected chi connectivity index (χ4v) is 2.91. The minimum atomic E-state index is -0.138. The van der Waals surface area contributed by atoms with Crippen LogP contribution in [0, 0.1) is 5.92 Å². The van der Waals surface area contributed by atoms with Crippen molar-refractivity contribution in [3.63, 3.8) is 0 Å². The third kappa shape index (κ3) is 4.87. The highest BCUT2D eigenvalue weighted by atomic mass is 35.5. The topological polar surface area (TPSA) is 55.1 Å². The summed E-state index contributed by atoms with van der Waals surface area (Å²) in [6, 6.07) is 7.99. The van der Waals surface area contributed by atoms with Crippen LogP contribution in [0.2, 0.25) is 5.02 Å². The molecular weight excluding hydrogens is 307 g/mol. The van der Waals surface area contributed by atoms with Gasteiger partial charge in [0.2, 0.25) is 5.91 Å². The molecule has 1 aliphatic carbocycles. The maximum absolute atomic E-state index is 12.1. The number of amides is 1. The van der Waals surface area contributed by atoms with E-state index in [-0.39, 0.29) is 35.7 Å². The maximum Gasteiger partial charge on any atom is 0.223 e. The van der Waals surface area contributed by atoms with Crippen LogP contribution in [0.1, 0.15) is 38.7 Å². The number of hydrogen-bond acceptors (Lipinski definition) is 2. The molecule has 3 N–H and O–H groups in total. The van der Waals surface area contributed by atoms with Gasteiger partial charge in [0.1, 0.15) is 0 Å². The second-order valence-electron chi connectivity index (χ2n) is 6.38. The Morgan fingerprint density at radius 2 is 2.14 bits per heavy atom. The van der Waals surface area contributed by atoms with E-state index in [1.54, 1.807) is 0 Å². The molecule has 3 nitrogen and oxygen atoms in total. The molecule has 1 saturated carbocycles. The summed E-state index contributed by atoms with van der Waals surface area (Å²) in [5, 5.41) is 3.79. The summed E-state index contributed by atoms with van der Waals surface area (Å²) in [5.74, 6) is 0.216. The maximum atomic E-state index is 12.1. The average Bonchev–Trinajstić information content (AvgIpc) is 2.83. The smallest absolute Gasteiger partial charge is 0.223 e. The molecule has 0 bridgehead atoms. The standard InChI is InChI=1S/C16H23ClN2O.ClH/c1-16(2,12-4-3-5-13(17)9-12)10-19-15(20)11-6-7-14(18)8-11;/h3-5,9,11,14H,6-8,10,18H2,1-2H3,(H,19,20);1H. The molecule has 2 unspecified atom stereocenters. The lowest BCUT2D eigenvalue weighted by Crippen LogP contribution is -2.39. The summed E-state index contributed by atoms with van der Waals surface area (Å²) in [7, 11) is 0. The van der Waals surface area contributed by atoms with Gasteiger partial charge in [-0.15, -0.1) is 12.4 Å². The first kappa shape index (κ1) is 18.3. The molecule has 0 saturated heterocycles. The van der Waals surface area contributed by atoms with Crippen LogP contribution in [0.5, 0.6) is 0 Å². The van der Waals surface area contributed by atoms with Gasteiger partial charge >= 0.3 is 0 Å². The van der Waals surface area contributed by atoms with E-state index in [0.29, 0.717) is 6.54 Å². The van der Waals surface area contributed by atoms with Crippen LogP contribution >= 0.6 is 24.0 Å². The van der Waals surface area contributed by atoms with Gasteiger partial charge in [-0.25, -0.2) is 0 Å². The van der Waals surface area contributed by atoms with E-state index in [4.69, 9.17) is 17.3 Å². The van der Waals surface area contributed by atoms with E-state index in [1.165, 1.54) is 0 Å². The number of nitrogens with one attached hydrogen (secondary N) is 1. The molecule has 21 heavy (non-hydrogen) atoms. The van der Waals surface area contributed by atoms with Gasteiger partial charge in [0.15, 0.2) is 0 Å². The van der Waals surface area contributed by atoms with Crippen molar-refractivity contribution in [1.29, 1.82) is 0 Å². The molecule has 1 aliphatic rings. The zero-order valence-electron chi connectivity index (χ0n) is 12.6. The normalized spacial score (nSPS) is 21.7. The van der Waals surface area contributed by atoms with Crippen LogP contribution in [0.4, 0.5) is 0 Å². The third-order valence-electron chi connectivity index (χ3n) is 4.15. The van der Waals surface area contributed by atoms with Crippen LogP contribution in [-0.4, -0.2) is 18.5 Å². The van der Waals surface area contributed by atoms with E-state index in [1.807, 2.05) is 24.3 Å². The summed E-state index contributed by atoms with van der Waals surface area (Å²) in [5.41, 5.74) is 6.85. The zero-order chi connectivity index (χ0) is 14.8. The van der Waals surface area contributed by atoms with Crippen molar-refractivity contribution in [2.75, 3.05) is 6.54 Å². The molecule has 0 radical (unpaired) electrons. The molecule has 0 aromatic heterocycles. The third-order valence-corrected chi connectivity index (χ3v) is 4.39. The molecule has 0 aliphatic heterocycles. The fourth-order valence-electron chi connectivity index (χ4n) is 2.72. The van der Waals surface area contributed by atoms with Gasteiger partial charge in [-0.1, -0.05) is 37.6 Å². The molecule has 2 atom stereocenters. The van der Waals surface area contributed by atoms with Crippen molar-refractivity contribution in [1.82, 2.24) is 5.32 Å². The van der Waals surface area contributed by atoms with Gasteiger partial charge in [0, 0.05) is 28.9 Å². The minimum Gasteiger partial charge on any atom is -0.355 e. The second kappa shape index (κ2) is 7.48. The summed E-state index contributed by atoms with van der Waals surface area (Å²) in [4.78, 5) is 12.1. The minimum absolute atomic E-state index is 0. The zero-order valence-corrected chi connectivity index (χ0v) is 14.1. The molecule has 0 heterocycles. The average molecular weight is 331 g/mol. The molecule has 0 spiro atoms. The SMILES string of the molecule is CC(C)(CNC(=O)C1CCC(N)C1)c1cccc(Cl)c1.Cl. The van der Waals surface area contributed by atoms with E-state index in [2.05, 4.69) is 19.2 Å². The molecule has 1 aromatic rings. The number of hydrogen-bond donors (Lipinski definition) is 2. The highest BCUT2D eigenvalue weighted by molar-refractivity contribution is 6.30. The fraction of sp³-hybridized carbons (Fsp3) is 0.562. The van der Waals surface area contributed by atoms with E-state index in [0.717, 1.165) is 29.8 Å². The highest BCUT2D eigenvalue weighted by Crippen LogP contribution is 2.27. The Kier molecular flexibility index (Phi) is 6.51. The molecular formula is C16H24Cl2N2O. The number of nitrogens with two attached hydrogens (primary N) is 1. The lowest BCUT2D eigenvalue weighted by molar-refractivity contribution is -0.125. The Hall–Kier alpha value is -0.770. The van der Waals surface area contributed by atoms with Crippen molar-refractivity contribution in [2.45, 2.75) is 44.6 Å². The molecule has 118 valence electrons. The number of carbonyl (C=O) groups is 1. The summed E-state index contributed by atoms with van der Waals surface area (Å²) < 4.78 is 0. The van der Waals surface area contributed by atoms with Crippen LogP contribution in [0.25, 0.3) is 0 Å². The molecule has 1 amide bonds. The van der Waals surface area contributed by atoms with Crippen molar-refractivity contribution in [2.24, 2.45) is 11.7 Å². The van der Waals surface area contributed by atoms with Crippen molar-refractivity contribution in [3.05, 3.63) is 34.9 Å².